The van der Waals surface area contributed by atoms with Gasteiger partial charge in [0.25, 0.3) is 0 Å². The van der Waals surface area contributed by atoms with E-state index in [-0.39, 0.29) is 0 Å². The standard InChI is InChI=1S/C13H17ClN2O2/c1-3-18-11-6-4-5-10-13(11)15-12(9-14)16(10)7-8-17-2/h4-6H,3,7-9H2,1-2H3. The van der Waals surface area contributed by atoms with Crippen molar-refractivity contribution in [1.29, 1.82) is 0 Å². The van der Waals surface area contributed by atoms with Crippen LogP contribution in [-0.4, -0.2) is 29.9 Å². The molecule has 1 heterocycles. The first-order valence-corrected chi connectivity index (χ1v) is 6.51. The molecule has 4 nitrogen and oxygen atoms in total. The normalized spacial score (nSPS) is 11.1. The lowest BCUT2D eigenvalue weighted by Gasteiger charge is -2.07. The second-order valence-electron chi connectivity index (χ2n) is 3.86. The van der Waals surface area contributed by atoms with Gasteiger partial charge in [0.2, 0.25) is 0 Å². The van der Waals surface area contributed by atoms with E-state index >= 15 is 0 Å². The van der Waals surface area contributed by atoms with E-state index in [9.17, 15) is 0 Å². The van der Waals surface area contributed by atoms with Crippen molar-refractivity contribution in [2.24, 2.45) is 0 Å². The maximum Gasteiger partial charge on any atom is 0.147 e. The number of aromatic nitrogens is 2. The van der Waals surface area contributed by atoms with Crippen molar-refractivity contribution in [3.63, 3.8) is 0 Å². The largest absolute Gasteiger partial charge is 0.492 e. The smallest absolute Gasteiger partial charge is 0.147 e. The van der Waals surface area contributed by atoms with E-state index in [0.717, 1.165) is 29.2 Å². The number of imidazole rings is 1. The van der Waals surface area contributed by atoms with Gasteiger partial charge in [-0.15, -0.1) is 11.6 Å². The SMILES string of the molecule is CCOc1cccc2c1nc(CCl)n2CCOC. The Balaban J connectivity index is 2.50. The monoisotopic (exact) mass is 268 g/mol. The number of ether oxygens (including phenoxy) is 2. The van der Waals surface area contributed by atoms with Crippen molar-refractivity contribution < 1.29 is 9.47 Å². The highest BCUT2D eigenvalue weighted by Crippen LogP contribution is 2.26. The van der Waals surface area contributed by atoms with Crippen LogP contribution >= 0.6 is 11.6 Å². The molecule has 0 saturated heterocycles. The lowest BCUT2D eigenvalue weighted by Crippen LogP contribution is -2.07. The molecule has 0 fully saturated rings. The predicted octanol–water partition coefficient (Wildman–Crippen LogP) is 2.82. The van der Waals surface area contributed by atoms with Crippen molar-refractivity contribution in [3.8, 4) is 5.75 Å². The third kappa shape index (κ3) is 2.44. The summed E-state index contributed by atoms with van der Waals surface area (Å²) in [4.78, 5) is 4.55. The van der Waals surface area contributed by atoms with E-state index in [1.165, 1.54) is 0 Å². The molecule has 0 radical (unpaired) electrons. The number of hydrogen-bond acceptors (Lipinski definition) is 3. The molecule has 98 valence electrons. The molecule has 2 aromatic rings. The molecule has 0 aliphatic heterocycles. The molecule has 0 aliphatic rings. The van der Waals surface area contributed by atoms with Gasteiger partial charge >= 0.3 is 0 Å². The first-order chi connectivity index (χ1) is 8.81. The predicted molar refractivity (Wildman–Crippen MR) is 72.3 cm³/mol. The van der Waals surface area contributed by atoms with Gasteiger partial charge in [-0.25, -0.2) is 4.98 Å². The number of benzene rings is 1. The zero-order chi connectivity index (χ0) is 13.0. The molecule has 18 heavy (non-hydrogen) atoms. The number of methoxy groups -OCH3 is 1. The molecule has 0 spiro atoms. The van der Waals surface area contributed by atoms with E-state index in [0.29, 0.717) is 19.1 Å². The van der Waals surface area contributed by atoms with Crippen LogP contribution in [0.15, 0.2) is 18.2 Å². The van der Waals surface area contributed by atoms with Crippen molar-refractivity contribution in [3.05, 3.63) is 24.0 Å². The quantitative estimate of drug-likeness (QED) is 0.756. The summed E-state index contributed by atoms with van der Waals surface area (Å²) in [6.07, 6.45) is 0. The molecule has 0 N–H and O–H groups in total. The molecule has 0 atom stereocenters. The Morgan fingerprint density at radius 3 is 2.89 bits per heavy atom. The Kier molecular flexibility index (Phi) is 4.44. The second-order valence-corrected chi connectivity index (χ2v) is 4.13. The average molecular weight is 269 g/mol. The summed E-state index contributed by atoms with van der Waals surface area (Å²) in [6.45, 7) is 3.96. The van der Waals surface area contributed by atoms with E-state index in [1.54, 1.807) is 7.11 Å². The van der Waals surface area contributed by atoms with Gasteiger partial charge < -0.3 is 14.0 Å². The van der Waals surface area contributed by atoms with Gasteiger partial charge in [0.05, 0.1) is 24.6 Å². The first-order valence-electron chi connectivity index (χ1n) is 5.97. The van der Waals surface area contributed by atoms with Crippen LogP contribution in [0.3, 0.4) is 0 Å². The maximum atomic E-state index is 5.95. The van der Waals surface area contributed by atoms with Gasteiger partial charge in [0.1, 0.15) is 17.1 Å². The zero-order valence-corrected chi connectivity index (χ0v) is 11.4. The summed E-state index contributed by atoms with van der Waals surface area (Å²) in [7, 11) is 1.69. The molecule has 2 rings (SSSR count). The van der Waals surface area contributed by atoms with Crippen LogP contribution in [0.25, 0.3) is 11.0 Å². The molecular formula is C13H17ClN2O2. The Hall–Kier alpha value is -1.26. The number of para-hydroxylation sites is 1. The fraction of sp³-hybridized carbons (Fsp3) is 0.462. The molecule has 0 aliphatic carbocycles. The van der Waals surface area contributed by atoms with Gasteiger partial charge in [-0.05, 0) is 19.1 Å². The molecule has 1 aromatic heterocycles. The van der Waals surface area contributed by atoms with Gasteiger partial charge in [0.15, 0.2) is 0 Å². The molecule has 1 aromatic carbocycles. The summed E-state index contributed by atoms with van der Waals surface area (Å²) in [5.41, 5.74) is 1.90. The minimum Gasteiger partial charge on any atom is -0.492 e. The molecular weight excluding hydrogens is 252 g/mol. The first kappa shape index (κ1) is 13.2. The lowest BCUT2D eigenvalue weighted by atomic mass is 10.3. The fourth-order valence-electron chi connectivity index (χ4n) is 1.98. The summed E-state index contributed by atoms with van der Waals surface area (Å²) < 4.78 is 12.8. The van der Waals surface area contributed by atoms with Crippen molar-refractivity contribution in [2.75, 3.05) is 20.3 Å². The third-order valence-corrected chi connectivity index (χ3v) is 3.00. The topological polar surface area (TPSA) is 36.3 Å². The van der Waals surface area contributed by atoms with Gasteiger partial charge in [0, 0.05) is 13.7 Å². The Bertz CT molecular complexity index is 525. The van der Waals surface area contributed by atoms with Crippen LogP contribution in [0.2, 0.25) is 0 Å². The molecule has 0 bridgehead atoms. The number of halogens is 1. The highest BCUT2D eigenvalue weighted by Gasteiger charge is 2.13. The molecule has 0 saturated carbocycles. The average Bonchev–Trinajstić information content (AvgIpc) is 2.75. The number of nitrogens with zero attached hydrogens (tertiary/aromatic N) is 2. The van der Waals surface area contributed by atoms with Gasteiger partial charge in [-0.2, -0.15) is 0 Å². The number of hydrogen-bond donors (Lipinski definition) is 0. The van der Waals surface area contributed by atoms with Crippen LogP contribution in [0.1, 0.15) is 12.7 Å². The van der Waals surface area contributed by atoms with E-state index < -0.39 is 0 Å². The number of rotatable bonds is 6. The third-order valence-electron chi connectivity index (χ3n) is 2.76. The number of fused-ring (bicyclic) bond motifs is 1. The van der Waals surface area contributed by atoms with Gasteiger partial charge in [-0.1, -0.05) is 6.07 Å². The highest BCUT2D eigenvalue weighted by atomic mass is 35.5. The van der Waals surface area contributed by atoms with Crippen molar-refractivity contribution >= 4 is 22.6 Å². The molecule has 0 unspecified atom stereocenters. The van der Waals surface area contributed by atoms with E-state index in [4.69, 9.17) is 21.1 Å². The van der Waals surface area contributed by atoms with Crippen LogP contribution in [0.5, 0.6) is 5.75 Å². The minimum absolute atomic E-state index is 0.379. The summed E-state index contributed by atoms with van der Waals surface area (Å²) >= 11 is 5.95. The van der Waals surface area contributed by atoms with Crippen LogP contribution in [-0.2, 0) is 17.2 Å². The van der Waals surface area contributed by atoms with Gasteiger partial charge in [-0.3, -0.25) is 0 Å². The lowest BCUT2D eigenvalue weighted by molar-refractivity contribution is 0.187. The van der Waals surface area contributed by atoms with Crippen LogP contribution < -0.4 is 4.74 Å². The highest BCUT2D eigenvalue weighted by molar-refractivity contribution is 6.16. The Labute approximate surface area is 111 Å². The summed E-state index contributed by atoms with van der Waals surface area (Å²) in [5, 5.41) is 0. The number of alkyl halides is 1. The van der Waals surface area contributed by atoms with Crippen LogP contribution in [0, 0.1) is 0 Å². The van der Waals surface area contributed by atoms with E-state index in [2.05, 4.69) is 9.55 Å². The van der Waals surface area contributed by atoms with Crippen molar-refractivity contribution in [2.45, 2.75) is 19.3 Å². The zero-order valence-electron chi connectivity index (χ0n) is 10.6. The maximum absolute atomic E-state index is 5.95. The van der Waals surface area contributed by atoms with E-state index in [1.807, 2.05) is 25.1 Å². The Morgan fingerprint density at radius 1 is 1.39 bits per heavy atom. The van der Waals surface area contributed by atoms with Crippen LogP contribution in [0.4, 0.5) is 0 Å². The summed E-state index contributed by atoms with van der Waals surface area (Å²) in [6, 6.07) is 5.92. The molecule has 5 heteroatoms. The van der Waals surface area contributed by atoms with Crippen molar-refractivity contribution in [1.82, 2.24) is 9.55 Å². The Morgan fingerprint density at radius 2 is 2.22 bits per heavy atom. The summed E-state index contributed by atoms with van der Waals surface area (Å²) in [5.74, 6) is 2.03. The second kappa shape index (κ2) is 6.07. The molecule has 0 amide bonds. The fourth-order valence-corrected chi connectivity index (χ4v) is 2.18. The minimum atomic E-state index is 0.379.